The number of amides is 1. The lowest BCUT2D eigenvalue weighted by Crippen LogP contribution is -2.13. The average molecular weight is 263 g/mol. The first-order chi connectivity index (χ1) is 9.08. The van der Waals surface area contributed by atoms with Crippen molar-refractivity contribution in [1.29, 1.82) is 0 Å². The topological polar surface area (TPSA) is 55.4 Å². The number of hydrogen-bond donors (Lipinski definition) is 1. The molecule has 0 aliphatic rings. The molecule has 0 aromatic heterocycles. The van der Waals surface area contributed by atoms with E-state index in [1.807, 2.05) is 6.92 Å². The second-order valence-corrected chi connectivity index (χ2v) is 4.40. The molecule has 0 saturated carbocycles. The van der Waals surface area contributed by atoms with Crippen molar-refractivity contribution in [2.75, 3.05) is 11.9 Å². The zero-order chi connectivity index (χ0) is 14.3. The van der Waals surface area contributed by atoms with E-state index in [0.717, 1.165) is 24.0 Å². The van der Waals surface area contributed by atoms with Crippen LogP contribution in [0.25, 0.3) is 0 Å². The van der Waals surface area contributed by atoms with Crippen LogP contribution in [0.1, 0.15) is 49.0 Å². The molecule has 0 atom stereocenters. The number of benzene rings is 1. The summed E-state index contributed by atoms with van der Waals surface area (Å²) in [6, 6.07) is 5.27. The van der Waals surface area contributed by atoms with E-state index in [2.05, 4.69) is 12.2 Å². The highest BCUT2D eigenvalue weighted by Crippen LogP contribution is 2.17. The van der Waals surface area contributed by atoms with Crippen LogP contribution in [0, 0.1) is 6.92 Å². The number of nitrogens with one attached hydrogen (secondary N) is 1. The number of aryl methyl sites for hydroxylation is 1. The Bertz CT molecular complexity index is 455. The number of rotatable bonds is 6. The van der Waals surface area contributed by atoms with Crippen LogP contribution in [0.3, 0.4) is 0 Å². The van der Waals surface area contributed by atoms with Crippen LogP contribution in [0.4, 0.5) is 10.5 Å². The first-order valence-electron chi connectivity index (χ1n) is 6.66. The molecule has 0 heterocycles. The van der Waals surface area contributed by atoms with Gasteiger partial charge >= 0.3 is 6.09 Å². The lowest BCUT2D eigenvalue weighted by molar-refractivity contribution is 0.0979. The van der Waals surface area contributed by atoms with Gasteiger partial charge in [0.25, 0.3) is 0 Å². The van der Waals surface area contributed by atoms with E-state index < -0.39 is 6.09 Å². The molecule has 0 radical (unpaired) electrons. The first-order valence-corrected chi connectivity index (χ1v) is 6.66. The fourth-order valence-electron chi connectivity index (χ4n) is 1.81. The van der Waals surface area contributed by atoms with Gasteiger partial charge in [0, 0.05) is 17.7 Å². The van der Waals surface area contributed by atoms with Gasteiger partial charge in [0.15, 0.2) is 5.78 Å². The SMILES string of the molecule is CCCCC(=O)c1ccc(NC(=O)OCC)cc1C. The number of Topliss-reactive ketones (excluding diaryl/α,β-unsaturated/α-hetero) is 1. The Hall–Kier alpha value is -1.84. The molecule has 0 aliphatic carbocycles. The quantitative estimate of drug-likeness (QED) is 0.791. The number of carbonyl (C=O) groups excluding carboxylic acids is 2. The van der Waals surface area contributed by atoms with Crippen molar-refractivity contribution in [2.24, 2.45) is 0 Å². The maximum absolute atomic E-state index is 11.9. The average Bonchev–Trinajstić information content (AvgIpc) is 2.36. The van der Waals surface area contributed by atoms with E-state index in [1.165, 1.54) is 0 Å². The van der Waals surface area contributed by atoms with Crippen molar-refractivity contribution in [3.63, 3.8) is 0 Å². The molecule has 0 unspecified atom stereocenters. The minimum absolute atomic E-state index is 0.155. The molecule has 0 aliphatic heterocycles. The van der Waals surface area contributed by atoms with E-state index >= 15 is 0 Å². The zero-order valence-corrected chi connectivity index (χ0v) is 11.8. The van der Waals surface area contributed by atoms with Crippen molar-refractivity contribution >= 4 is 17.6 Å². The van der Waals surface area contributed by atoms with Gasteiger partial charge in [-0.25, -0.2) is 4.79 Å². The smallest absolute Gasteiger partial charge is 0.411 e. The van der Waals surface area contributed by atoms with E-state index in [9.17, 15) is 9.59 Å². The summed E-state index contributed by atoms with van der Waals surface area (Å²) in [6.45, 7) is 6.01. The lowest BCUT2D eigenvalue weighted by Gasteiger charge is -2.09. The normalized spacial score (nSPS) is 10.1. The summed E-state index contributed by atoms with van der Waals surface area (Å²) in [5.74, 6) is 0.155. The predicted molar refractivity (Wildman–Crippen MR) is 75.7 cm³/mol. The summed E-state index contributed by atoms with van der Waals surface area (Å²) >= 11 is 0. The third-order valence-electron chi connectivity index (χ3n) is 2.81. The van der Waals surface area contributed by atoms with Gasteiger partial charge in [-0.1, -0.05) is 13.3 Å². The van der Waals surface area contributed by atoms with Gasteiger partial charge in [-0.3, -0.25) is 10.1 Å². The van der Waals surface area contributed by atoms with Gasteiger partial charge < -0.3 is 4.74 Å². The maximum Gasteiger partial charge on any atom is 0.411 e. The molecule has 4 nitrogen and oxygen atoms in total. The van der Waals surface area contributed by atoms with Crippen LogP contribution < -0.4 is 5.32 Å². The molecule has 1 amide bonds. The zero-order valence-electron chi connectivity index (χ0n) is 11.8. The highest BCUT2D eigenvalue weighted by molar-refractivity contribution is 5.98. The van der Waals surface area contributed by atoms with Crippen molar-refractivity contribution in [1.82, 2.24) is 0 Å². The minimum Gasteiger partial charge on any atom is -0.450 e. The van der Waals surface area contributed by atoms with Gasteiger partial charge in [0.05, 0.1) is 6.61 Å². The highest BCUT2D eigenvalue weighted by Gasteiger charge is 2.10. The van der Waals surface area contributed by atoms with Crippen LogP contribution in [-0.4, -0.2) is 18.5 Å². The van der Waals surface area contributed by atoms with Crippen LogP contribution in [0.15, 0.2) is 18.2 Å². The minimum atomic E-state index is -0.480. The molecule has 104 valence electrons. The molecule has 1 N–H and O–H groups in total. The van der Waals surface area contributed by atoms with Crippen molar-refractivity contribution in [2.45, 2.75) is 40.0 Å². The number of unbranched alkanes of at least 4 members (excludes halogenated alkanes) is 1. The maximum atomic E-state index is 11.9. The fourth-order valence-corrected chi connectivity index (χ4v) is 1.81. The van der Waals surface area contributed by atoms with E-state index in [0.29, 0.717) is 18.7 Å². The summed E-state index contributed by atoms with van der Waals surface area (Å²) in [5.41, 5.74) is 2.24. The third-order valence-corrected chi connectivity index (χ3v) is 2.81. The Morgan fingerprint density at radius 3 is 2.58 bits per heavy atom. The Morgan fingerprint density at radius 1 is 1.26 bits per heavy atom. The van der Waals surface area contributed by atoms with Crippen LogP contribution in [-0.2, 0) is 4.74 Å². The summed E-state index contributed by atoms with van der Waals surface area (Å²) in [5, 5.41) is 2.62. The second kappa shape index (κ2) is 7.56. The monoisotopic (exact) mass is 263 g/mol. The van der Waals surface area contributed by atoms with E-state index in [-0.39, 0.29) is 5.78 Å². The molecular weight excluding hydrogens is 242 g/mol. The van der Waals surface area contributed by atoms with E-state index in [1.54, 1.807) is 25.1 Å². The molecular formula is C15H21NO3. The van der Waals surface area contributed by atoms with Gasteiger partial charge in [-0.05, 0) is 44.0 Å². The van der Waals surface area contributed by atoms with Gasteiger partial charge in [-0.15, -0.1) is 0 Å². The molecule has 1 rings (SSSR count). The molecule has 1 aromatic carbocycles. The number of anilines is 1. The van der Waals surface area contributed by atoms with Gasteiger partial charge in [0.1, 0.15) is 0 Å². The summed E-state index contributed by atoms with van der Waals surface area (Å²) in [7, 11) is 0. The van der Waals surface area contributed by atoms with Crippen molar-refractivity contribution < 1.29 is 14.3 Å². The predicted octanol–water partition coefficient (Wildman–Crippen LogP) is 3.94. The van der Waals surface area contributed by atoms with Gasteiger partial charge in [-0.2, -0.15) is 0 Å². The summed E-state index contributed by atoms with van der Waals surface area (Å²) in [4.78, 5) is 23.2. The van der Waals surface area contributed by atoms with E-state index in [4.69, 9.17) is 4.74 Å². The summed E-state index contributed by atoms with van der Waals surface area (Å²) in [6.07, 6.45) is 2.00. The Balaban J connectivity index is 2.74. The molecule has 4 heteroatoms. The van der Waals surface area contributed by atoms with Crippen molar-refractivity contribution in [3.8, 4) is 0 Å². The molecule has 0 saturated heterocycles. The number of carbonyl (C=O) groups is 2. The molecule has 0 bridgehead atoms. The highest BCUT2D eigenvalue weighted by atomic mass is 16.5. The second-order valence-electron chi connectivity index (χ2n) is 4.40. The Morgan fingerprint density at radius 2 is 2.00 bits per heavy atom. The first kappa shape index (κ1) is 15.2. The number of ketones is 1. The fraction of sp³-hybridized carbons (Fsp3) is 0.467. The van der Waals surface area contributed by atoms with Crippen LogP contribution in [0.5, 0.6) is 0 Å². The Labute approximate surface area is 114 Å². The molecule has 0 fully saturated rings. The van der Waals surface area contributed by atoms with Crippen LogP contribution in [0.2, 0.25) is 0 Å². The Kier molecular flexibility index (Phi) is 6.06. The van der Waals surface area contributed by atoms with Gasteiger partial charge in [0.2, 0.25) is 0 Å². The van der Waals surface area contributed by atoms with Crippen molar-refractivity contribution in [3.05, 3.63) is 29.3 Å². The number of hydrogen-bond acceptors (Lipinski definition) is 3. The van der Waals surface area contributed by atoms with Crippen LogP contribution >= 0.6 is 0 Å². The largest absolute Gasteiger partial charge is 0.450 e. The molecule has 0 spiro atoms. The molecule has 1 aromatic rings. The number of ether oxygens (including phenoxy) is 1. The summed E-state index contributed by atoms with van der Waals surface area (Å²) < 4.78 is 4.80. The lowest BCUT2D eigenvalue weighted by atomic mass is 10.0. The standard InChI is InChI=1S/C15H21NO3/c1-4-6-7-14(17)13-9-8-12(10-11(13)3)16-15(18)19-5-2/h8-10H,4-7H2,1-3H3,(H,16,18). The third kappa shape index (κ3) is 4.73. The molecule has 19 heavy (non-hydrogen) atoms.